The molecule has 1 rings (SSSR count). The van der Waals surface area contributed by atoms with Crippen molar-refractivity contribution in [1.82, 2.24) is 10.6 Å². The van der Waals surface area contributed by atoms with Gasteiger partial charge in [-0.25, -0.2) is 4.79 Å². The number of carbonyl (C=O) groups is 1. The molecule has 3 N–H and O–H groups in total. The molecule has 0 aromatic heterocycles. The Balaban J connectivity index is 2.36. The summed E-state index contributed by atoms with van der Waals surface area (Å²) in [6.45, 7) is 8.30. The monoisotopic (exact) mass is 242 g/mol. The highest BCUT2D eigenvalue weighted by Crippen LogP contribution is 2.31. The third-order valence-electron chi connectivity index (χ3n) is 3.13. The van der Waals surface area contributed by atoms with Crippen LogP contribution in [0.5, 0.6) is 0 Å². The van der Waals surface area contributed by atoms with Gasteiger partial charge in [-0.3, -0.25) is 0 Å². The van der Waals surface area contributed by atoms with Crippen molar-refractivity contribution in [2.24, 2.45) is 5.92 Å². The molecule has 0 aromatic carbocycles. The van der Waals surface area contributed by atoms with Gasteiger partial charge in [0.2, 0.25) is 0 Å². The second-order valence-corrected chi connectivity index (χ2v) is 6.48. The van der Waals surface area contributed by atoms with Crippen molar-refractivity contribution < 1.29 is 9.90 Å². The summed E-state index contributed by atoms with van der Waals surface area (Å²) in [5.74, 6) is 0.543. The van der Waals surface area contributed by atoms with E-state index in [9.17, 15) is 9.90 Å². The molecule has 2 unspecified atom stereocenters. The minimum Gasteiger partial charge on any atom is -0.388 e. The average Bonchev–Trinajstić information content (AvgIpc) is 2.12. The quantitative estimate of drug-likeness (QED) is 0.694. The van der Waals surface area contributed by atoms with Crippen molar-refractivity contribution in [3.8, 4) is 0 Å². The lowest BCUT2D eigenvalue weighted by Gasteiger charge is -2.35. The zero-order valence-corrected chi connectivity index (χ0v) is 11.5. The van der Waals surface area contributed by atoms with E-state index in [1.54, 1.807) is 0 Å². The minimum atomic E-state index is -0.715. The van der Waals surface area contributed by atoms with E-state index >= 15 is 0 Å². The maximum atomic E-state index is 11.6. The van der Waals surface area contributed by atoms with E-state index in [1.807, 2.05) is 20.8 Å². The van der Waals surface area contributed by atoms with Gasteiger partial charge < -0.3 is 15.7 Å². The molecule has 0 bridgehead atoms. The summed E-state index contributed by atoms with van der Waals surface area (Å²) in [5, 5.41) is 15.9. The van der Waals surface area contributed by atoms with Gasteiger partial charge in [-0.05, 0) is 39.5 Å². The van der Waals surface area contributed by atoms with Gasteiger partial charge in [0.25, 0.3) is 0 Å². The summed E-state index contributed by atoms with van der Waals surface area (Å²) in [6.07, 6.45) is 3.78. The fourth-order valence-electron chi connectivity index (χ4n) is 2.42. The Morgan fingerprint density at radius 1 is 1.47 bits per heavy atom. The molecular formula is C13H26N2O2. The average molecular weight is 242 g/mol. The molecule has 0 heterocycles. The largest absolute Gasteiger partial charge is 0.388 e. The number of carbonyl (C=O) groups excluding carboxylic acids is 1. The number of amides is 2. The lowest BCUT2D eigenvalue weighted by molar-refractivity contribution is -0.00964. The van der Waals surface area contributed by atoms with Gasteiger partial charge in [-0.15, -0.1) is 0 Å². The molecule has 100 valence electrons. The molecule has 2 amide bonds. The number of rotatable bonds is 2. The zero-order chi connectivity index (χ0) is 13.1. The van der Waals surface area contributed by atoms with E-state index in [0.29, 0.717) is 12.5 Å². The summed E-state index contributed by atoms with van der Waals surface area (Å²) in [5.41, 5.74) is -0.959. The fraction of sp³-hybridized carbons (Fsp3) is 0.923. The molecule has 0 aromatic rings. The standard InChI is InChI=1S/C13H26N2O2/c1-10-6-5-7-13(17,8-10)9-14-11(16)15-12(2,3)4/h10,17H,5-9H2,1-4H3,(H2,14,15,16). The normalized spacial score (nSPS) is 29.8. The smallest absolute Gasteiger partial charge is 0.315 e. The van der Waals surface area contributed by atoms with Gasteiger partial charge in [0, 0.05) is 12.1 Å². The van der Waals surface area contributed by atoms with Crippen LogP contribution >= 0.6 is 0 Å². The molecule has 1 fully saturated rings. The molecule has 0 spiro atoms. The van der Waals surface area contributed by atoms with Crippen LogP contribution < -0.4 is 10.6 Å². The molecule has 0 saturated heterocycles. The Bertz CT molecular complexity index is 273. The van der Waals surface area contributed by atoms with Crippen LogP contribution in [-0.2, 0) is 0 Å². The number of hydrogen-bond acceptors (Lipinski definition) is 2. The van der Waals surface area contributed by atoms with Gasteiger partial charge in [0.15, 0.2) is 0 Å². The number of nitrogens with one attached hydrogen (secondary N) is 2. The Morgan fingerprint density at radius 3 is 2.65 bits per heavy atom. The predicted octanol–water partition coefficient (Wildman–Crippen LogP) is 2.03. The summed E-state index contributed by atoms with van der Waals surface area (Å²) in [7, 11) is 0. The van der Waals surface area contributed by atoms with Crippen molar-refractivity contribution in [2.75, 3.05) is 6.54 Å². The van der Waals surface area contributed by atoms with Crippen molar-refractivity contribution in [2.45, 2.75) is 64.5 Å². The second-order valence-electron chi connectivity index (χ2n) is 6.48. The lowest BCUT2D eigenvalue weighted by Crippen LogP contribution is -2.52. The highest BCUT2D eigenvalue weighted by molar-refractivity contribution is 5.74. The molecule has 1 aliphatic rings. The summed E-state index contributed by atoms with van der Waals surface area (Å²) >= 11 is 0. The first-order chi connectivity index (χ1) is 7.70. The van der Waals surface area contributed by atoms with E-state index in [-0.39, 0.29) is 11.6 Å². The highest BCUT2D eigenvalue weighted by atomic mass is 16.3. The number of aliphatic hydroxyl groups is 1. The topological polar surface area (TPSA) is 61.4 Å². The van der Waals surface area contributed by atoms with Crippen LogP contribution in [0.4, 0.5) is 4.79 Å². The van der Waals surface area contributed by atoms with E-state index in [4.69, 9.17) is 0 Å². The molecule has 4 nitrogen and oxygen atoms in total. The van der Waals surface area contributed by atoms with Crippen molar-refractivity contribution in [3.63, 3.8) is 0 Å². The maximum absolute atomic E-state index is 11.6. The van der Waals surface area contributed by atoms with E-state index in [0.717, 1.165) is 19.3 Å². The Hall–Kier alpha value is -0.770. The van der Waals surface area contributed by atoms with Gasteiger partial charge >= 0.3 is 6.03 Å². The van der Waals surface area contributed by atoms with E-state index < -0.39 is 5.60 Å². The molecule has 1 saturated carbocycles. The van der Waals surface area contributed by atoms with Gasteiger partial charge in [-0.1, -0.05) is 19.8 Å². The Morgan fingerprint density at radius 2 is 2.12 bits per heavy atom. The first-order valence-corrected chi connectivity index (χ1v) is 6.49. The van der Waals surface area contributed by atoms with Gasteiger partial charge in [-0.2, -0.15) is 0 Å². The molecular weight excluding hydrogens is 216 g/mol. The van der Waals surface area contributed by atoms with Crippen LogP contribution in [0.2, 0.25) is 0 Å². The second kappa shape index (κ2) is 5.25. The van der Waals surface area contributed by atoms with Crippen molar-refractivity contribution >= 4 is 6.03 Å². The predicted molar refractivity (Wildman–Crippen MR) is 68.9 cm³/mol. The van der Waals surface area contributed by atoms with Crippen LogP contribution in [0.1, 0.15) is 53.4 Å². The molecule has 0 aliphatic heterocycles. The Kier molecular flexibility index (Phi) is 4.42. The SMILES string of the molecule is CC1CCCC(O)(CNC(=O)NC(C)(C)C)C1. The fourth-order valence-corrected chi connectivity index (χ4v) is 2.42. The molecule has 17 heavy (non-hydrogen) atoms. The number of hydrogen-bond donors (Lipinski definition) is 3. The minimum absolute atomic E-state index is 0.204. The zero-order valence-electron chi connectivity index (χ0n) is 11.5. The summed E-state index contributed by atoms with van der Waals surface area (Å²) < 4.78 is 0. The third kappa shape index (κ3) is 5.39. The molecule has 0 radical (unpaired) electrons. The van der Waals surface area contributed by atoms with Gasteiger partial charge in [0.05, 0.1) is 5.60 Å². The maximum Gasteiger partial charge on any atom is 0.315 e. The van der Waals surface area contributed by atoms with Crippen LogP contribution in [0.15, 0.2) is 0 Å². The summed E-state index contributed by atoms with van der Waals surface area (Å²) in [4.78, 5) is 11.6. The van der Waals surface area contributed by atoms with E-state index in [1.165, 1.54) is 6.42 Å². The van der Waals surface area contributed by atoms with Gasteiger partial charge in [0.1, 0.15) is 0 Å². The first-order valence-electron chi connectivity index (χ1n) is 6.49. The molecule has 4 heteroatoms. The van der Waals surface area contributed by atoms with Crippen molar-refractivity contribution in [3.05, 3.63) is 0 Å². The Labute approximate surface area is 104 Å². The van der Waals surface area contributed by atoms with Crippen molar-refractivity contribution in [1.29, 1.82) is 0 Å². The lowest BCUT2D eigenvalue weighted by atomic mass is 9.79. The molecule has 1 aliphatic carbocycles. The number of urea groups is 1. The highest BCUT2D eigenvalue weighted by Gasteiger charge is 2.33. The first kappa shape index (κ1) is 14.3. The van der Waals surface area contributed by atoms with Crippen LogP contribution in [-0.4, -0.2) is 28.8 Å². The van der Waals surface area contributed by atoms with Crippen LogP contribution in [0.25, 0.3) is 0 Å². The van der Waals surface area contributed by atoms with E-state index in [2.05, 4.69) is 17.6 Å². The summed E-state index contributed by atoms with van der Waals surface area (Å²) in [6, 6.07) is -0.204. The van der Waals surface area contributed by atoms with Crippen LogP contribution in [0.3, 0.4) is 0 Å². The van der Waals surface area contributed by atoms with Crippen LogP contribution in [0, 0.1) is 5.92 Å². The molecule has 2 atom stereocenters. The third-order valence-corrected chi connectivity index (χ3v) is 3.13.